The topological polar surface area (TPSA) is 39.1 Å². The first-order chi connectivity index (χ1) is 8.67. The van der Waals surface area contributed by atoms with Gasteiger partial charge in [-0.05, 0) is 25.2 Å². The van der Waals surface area contributed by atoms with Crippen molar-refractivity contribution in [3.05, 3.63) is 36.0 Å². The molecule has 0 amide bonds. The first-order valence-electron chi connectivity index (χ1n) is 5.66. The summed E-state index contributed by atoms with van der Waals surface area (Å²) in [6.07, 6.45) is 1.74. The minimum atomic E-state index is -0.369. The van der Waals surface area contributed by atoms with Crippen LogP contribution in [0.3, 0.4) is 0 Å². The van der Waals surface area contributed by atoms with Crippen molar-refractivity contribution in [2.24, 2.45) is 7.05 Å². The molecule has 1 aromatic carbocycles. The Labute approximate surface area is 105 Å². The smallest absolute Gasteiger partial charge is 0.165 e. The van der Waals surface area contributed by atoms with Crippen molar-refractivity contribution in [2.45, 2.75) is 6.54 Å². The molecule has 0 atom stereocenters. The van der Waals surface area contributed by atoms with E-state index in [4.69, 9.17) is 4.74 Å². The molecule has 2 rings (SSSR count). The van der Waals surface area contributed by atoms with Crippen LogP contribution in [0.1, 0.15) is 5.82 Å². The molecule has 1 N–H and O–H groups in total. The lowest BCUT2D eigenvalue weighted by molar-refractivity contribution is 0.386. The van der Waals surface area contributed by atoms with Crippen molar-refractivity contribution in [1.82, 2.24) is 14.9 Å². The Morgan fingerprint density at radius 2 is 2.22 bits per heavy atom. The SMILES string of the molecule is CNCc1ncc(-c2ccc(OC)c(F)c2)n1C. The number of ether oxygens (including phenoxy) is 1. The van der Waals surface area contributed by atoms with Gasteiger partial charge in [-0.15, -0.1) is 0 Å². The summed E-state index contributed by atoms with van der Waals surface area (Å²) in [5, 5.41) is 3.04. The van der Waals surface area contributed by atoms with Crippen LogP contribution in [0.15, 0.2) is 24.4 Å². The van der Waals surface area contributed by atoms with E-state index in [0.29, 0.717) is 6.54 Å². The zero-order valence-electron chi connectivity index (χ0n) is 10.7. The largest absolute Gasteiger partial charge is 0.494 e. The van der Waals surface area contributed by atoms with Gasteiger partial charge in [0.05, 0.1) is 25.5 Å². The molecule has 0 unspecified atom stereocenters. The fraction of sp³-hybridized carbons (Fsp3) is 0.308. The predicted octanol–water partition coefficient (Wildman–Crippen LogP) is 1.95. The first-order valence-corrected chi connectivity index (χ1v) is 5.66. The number of benzene rings is 1. The predicted molar refractivity (Wildman–Crippen MR) is 67.9 cm³/mol. The molecule has 0 radical (unpaired) electrons. The summed E-state index contributed by atoms with van der Waals surface area (Å²) in [5.41, 5.74) is 1.66. The molecule has 4 nitrogen and oxygen atoms in total. The zero-order chi connectivity index (χ0) is 13.1. The summed E-state index contributed by atoms with van der Waals surface area (Å²) >= 11 is 0. The molecule has 0 saturated carbocycles. The summed E-state index contributed by atoms with van der Waals surface area (Å²) in [6, 6.07) is 4.90. The third kappa shape index (κ3) is 2.22. The van der Waals surface area contributed by atoms with Gasteiger partial charge in [-0.25, -0.2) is 9.37 Å². The lowest BCUT2D eigenvalue weighted by Crippen LogP contribution is -2.10. The number of hydrogen-bond donors (Lipinski definition) is 1. The maximum Gasteiger partial charge on any atom is 0.165 e. The molecule has 0 fully saturated rings. The Morgan fingerprint density at radius 1 is 1.44 bits per heavy atom. The van der Waals surface area contributed by atoms with Crippen molar-refractivity contribution in [2.75, 3.05) is 14.2 Å². The molecule has 0 aliphatic heterocycles. The van der Waals surface area contributed by atoms with E-state index < -0.39 is 0 Å². The molecule has 1 heterocycles. The molecule has 2 aromatic rings. The van der Waals surface area contributed by atoms with Gasteiger partial charge >= 0.3 is 0 Å². The van der Waals surface area contributed by atoms with E-state index in [1.807, 2.05) is 24.7 Å². The lowest BCUT2D eigenvalue weighted by atomic mass is 10.1. The number of methoxy groups -OCH3 is 1. The van der Waals surface area contributed by atoms with E-state index in [-0.39, 0.29) is 11.6 Å². The molecular formula is C13H16FN3O. The highest BCUT2D eigenvalue weighted by molar-refractivity contribution is 5.60. The van der Waals surface area contributed by atoms with E-state index >= 15 is 0 Å². The second-order valence-electron chi connectivity index (χ2n) is 4.00. The van der Waals surface area contributed by atoms with Gasteiger partial charge in [0.1, 0.15) is 5.82 Å². The monoisotopic (exact) mass is 249 g/mol. The average Bonchev–Trinajstić information content (AvgIpc) is 2.72. The maximum absolute atomic E-state index is 13.7. The number of nitrogens with zero attached hydrogens (tertiary/aromatic N) is 2. The van der Waals surface area contributed by atoms with Gasteiger partial charge in [-0.3, -0.25) is 0 Å². The summed E-state index contributed by atoms with van der Waals surface area (Å²) < 4.78 is 20.5. The van der Waals surface area contributed by atoms with Gasteiger partial charge < -0.3 is 14.6 Å². The third-order valence-electron chi connectivity index (χ3n) is 2.87. The van der Waals surface area contributed by atoms with Crippen molar-refractivity contribution < 1.29 is 9.13 Å². The Morgan fingerprint density at radius 3 is 2.83 bits per heavy atom. The molecular weight excluding hydrogens is 233 g/mol. The van der Waals surface area contributed by atoms with E-state index in [2.05, 4.69) is 10.3 Å². The van der Waals surface area contributed by atoms with E-state index in [9.17, 15) is 4.39 Å². The average molecular weight is 249 g/mol. The van der Waals surface area contributed by atoms with Crippen LogP contribution in [-0.2, 0) is 13.6 Å². The Hall–Kier alpha value is -1.88. The van der Waals surface area contributed by atoms with Gasteiger partial charge in [-0.1, -0.05) is 0 Å². The van der Waals surface area contributed by atoms with Crippen LogP contribution < -0.4 is 10.1 Å². The minimum Gasteiger partial charge on any atom is -0.494 e. The van der Waals surface area contributed by atoms with Crippen LogP contribution in [0.5, 0.6) is 5.75 Å². The van der Waals surface area contributed by atoms with Gasteiger partial charge in [-0.2, -0.15) is 0 Å². The van der Waals surface area contributed by atoms with Crippen molar-refractivity contribution >= 4 is 0 Å². The van der Waals surface area contributed by atoms with Crippen LogP contribution >= 0.6 is 0 Å². The number of hydrogen-bond acceptors (Lipinski definition) is 3. The molecule has 0 saturated heterocycles. The number of aromatic nitrogens is 2. The molecule has 18 heavy (non-hydrogen) atoms. The van der Waals surface area contributed by atoms with Gasteiger partial charge in [0, 0.05) is 12.6 Å². The standard InChI is InChI=1S/C13H16FN3O/c1-15-8-13-16-7-11(17(13)2)9-4-5-12(18-3)10(14)6-9/h4-7,15H,8H2,1-3H3. The van der Waals surface area contributed by atoms with Crippen molar-refractivity contribution in [3.63, 3.8) is 0 Å². The van der Waals surface area contributed by atoms with E-state index in [0.717, 1.165) is 17.1 Å². The molecule has 0 spiro atoms. The highest BCUT2D eigenvalue weighted by atomic mass is 19.1. The third-order valence-corrected chi connectivity index (χ3v) is 2.87. The molecule has 0 aliphatic rings. The summed E-state index contributed by atoms with van der Waals surface area (Å²) in [6.45, 7) is 0.676. The quantitative estimate of drug-likeness (QED) is 0.900. The summed E-state index contributed by atoms with van der Waals surface area (Å²) in [7, 11) is 5.23. The summed E-state index contributed by atoms with van der Waals surface area (Å²) in [4.78, 5) is 4.30. The van der Waals surface area contributed by atoms with Crippen LogP contribution in [0, 0.1) is 5.82 Å². The maximum atomic E-state index is 13.7. The zero-order valence-corrected chi connectivity index (χ0v) is 10.7. The van der Waals surface area contributed by atoms with Gasteiger partial charge in [0.2, 0.25) is 0 Å². The summed E-state index contributed by atoms with van der Waals surface area (Å²) in [5.74, 6) is 0.784. The minimum absolute atomic E-state index is 0.247. The van der Waals surface area contributed by atoms with Gasteiger partial charge in [0.25, 0.3) is 0 Å². The first kappa shape index (κ1) is 12.6. The van der Waals surface area contributed by atoms with E-state index in [1.165, 1.54) is 13.2 Å². The second-order valence-corrected chi connectivity index (χ2v) is 4.00. The van der Waals surface area contributed by atoms with E-state index in [1.54, 1.807) is 12.3 Å². The van der Waals surface area contributed by atoms with Gasteiger partial charge in [0.15, 0.2) is 11.6 Å². The molecule has 0 aliphatic carbocycles. The normalized spacial score (nSPS) is 10.7. The van der Waals surface area contributed by atoms with Crippen LogP contribution in [0.2, 0.25) is 0 Å². The molecule has 5 heteroatoms. The van der Waals surface area contributed by atoms with Crippen LogP contribution in [0.25, 0.3) is 11.3 Å². The fourth-order valence-corrected chi connectivity index (χ4v) is 1.86. The molecule has 1 aromatic heterocycles. The highest BCUT2D eigenvalue weighted by Crippen LogP contribution is 2.25. The second kappa shape index (κ2) is 5.18. The number of imidazole rings is 1. The van der Waals surface area contributed by atoms with Crippen LogP contribution in [-0.4, -0.2) is 23.7 Å². The van der Waals surface area contributed by atoms with Crippen molar-refractivity contribution in [1.29, 1.82) is 0 Å². The number of halogens is 1. The Kier molecular flexibility index (Phi) is 3.62. The number of rotatable bonds is 4. The fourth-order valence-electron chi connectivity index (χ4n) is 1.86. The Bertz CT molecular complexity index is 551. The molecule has 0 bridgehead atoms. The molecule has 96 valence electrons. The number of nitrogens with one attached hydrogen (secondary N) is 1. The van der Waals surface area contributed by atoms with Crippen LogP contribution in [0.4, 0.5) is 4.39 Å². The highest BCUT2D eigenvalue weighted by Gasteiger charge is 2.10. The Balaban J connectivity index is 2.39. The van der Waals surface area contributed by atoms with Crippen molar-refractivity contribution in [3.8, 4) is 17.0 Å². The lowest BCUT2D eigenvalue weighted by Gasteiger charge is -2.07.